The molecule has 0 radical (unpaired) electrons. The maximum Gasteiger partial charge on any atom is 0.305 e. The van der Waals surface area contributed by atoms with Gasteiger partial charge in [0.15, 0.2) is 0 Å². The van der Waals surface area contributed by atoms with Crippen LogP contribution in [0.1, 0.15) is 45.6 Å². The molecule has 124 valence electrons. The summed E-state index contributed by atoms with van der Waals surface area (Å²) < 4.78 is 7.51. The number of nitrogens with zero attached hydrogens (tertiary/aromatic N) is 3. The summed E-state index contributed by atoms with van der Waals surface area (Å²) in [5.74, 6) is -0.795. The topological polar surface area (TPSA) is 67.6 Å². The largest absolute Gasteiger partial charge is 0.481 e. The van der Waals surface area contributed by atoms with Crippen LogP contribution in [-0.4, -0.2) is 50.6 Å². The number of carboxylic acid groups (broad SMARTS) is 1. The molecule has 6 nitrogen and oxygen atoms in total. The minimum absolute atomic E-state index is 0.0536. The fourth-order valence-corrected chi connectivity index (χ4v) is 3.07. The van der Waals surface area contributed by atoms with E-state index in [2.05, 4.69) is 30.8 Å². The van der Waals surface area contributed by atoms with E-state index in [1.165, 1.54) is 0 Å². The van der Waals surface area contributed by atoms with E-state index in [0.717, 1.165) is 38.1 Å². The smallest absolute Gasteiger partial charge is 0.305 e. The lowest BCUT2D eigenvalue weighted by atomic mass is 9.92. The van der Waals surface area contributed by atoms with E-state index in [1.807, 2.05) is 12.4 Å². The van der Waals surface area contributed by atoms with Crippen LogP contribution in [0, 0.1) is 0 Å². The van der Waals surface area contributed by atoms with E-state index in [0.29, 0.717) is 12.6 Å². The highest BCUT2D eigenvalue weighted by atomic mass is 16.5. The zero-order valence-electron chi connectivity index (χ0n) is 13.8. The molecule has 1 unspecified atom stereocenters. The fourth-order valence-electron chi connectivity index (χ4n) is 3.07. The molecule has 2 rings (SSSR count). The van der Waals surface area contributed by atoms with Gasteiger partial charge in [0.2, 0.25) is 0 Å². The van der Waals surface area contributed by atoms with Gasteiger partial charge in [-0.25, -0.2) is 0 Å². The average Bonchev–Trinajstić information content (AvgIpc) is 2.89. The summed E-state index contributed by atoms with van der Waals surface area (Å²) in [6.45, 7) is 9.55. The molecule has 0 aromatic carbocycles. The lowest BCUT2D eigenvalue weighted by molar-refractivity contribution is -0.137. The highest BCUT2D eigenvalue weighted by Gasteiger charge is 2.31. The van der Waals surface area contributed by atoms with Crippen LogP contribution in [0.2, 0.25) is 0 Å². The van der Waals surface area contributed by atoms with Gasteiger partial charge in [-0.2, -0.15) is 5.10 Å². The third-order valence-electron chi connectivity index (χ3n) is 4.22. The molecule has 1 atom stereocenters. The van der Waals surface area contributed by atoms with Crippen molar-refractivity contribution in [2.24, 2.45) is 0 Å². The van der Waals surface area contributed by atoms with Gasteiger partial charge in [0, 0.05) is 31.0 Å². The molecule has 0 bridgehead atoms. The standard InChI is InChI=1S/C16H27N3O3/c1-4-18(14-6-8-22-16(2,3)9-14)11-13-10-17-19(12-13)7-5-15(20)21/h10,12,14H,4-9,11H2,1-3H3,(H,20,21). The molecule has 1 aromatic heterocycles. The van der Waals surface area contributed by atoms with Crippen molar-refractivity contribution in [1.82, 2.24) is 14.7 Å². The molecule has 22 heavy (non-hydrogen) atoms. The van der Waals surface area contributed by atoms with Gasteiger partial charge in [-0.3, -0.25) is 14.4 Å². The lowest BCUT2D eigenvalue weighted by Crippen LogP contribution is -2.45. The van der Waals surface area contributed by atoms with Crippen LogP contribution in [0.5, 0.6) is 0 Å². The molecule has 1 aliphatic heterocycles. The molecule has 1 fully saturated rings. The van der Waals surface area contributed by atoms with Crippen molar-refractivity contribution in [3.05, 3.63) is 18.0 Å². The minimum atomic E-state index is -0.795. The van der Waals surface area contributed by atoms with Crippen molar-refractivity contribution < 1.29 is 14.6 Å². The Balaban J connectivity index is 1.94. The Labute approximate surface area is 132 Å². The Kier molecular flexibility index (Phi) is 5.58. The molecule has 1 saturated heterocycles. The minimum Gasteiger partial charge on any atom is -0.481 e. The van der Waals surface area contributed by atoms with Gasteiger partial charge in [-0.15, -0.1) is 0 Å². The van der Waals surface area contributed by atoms with Crippen LogP contribution in [-0.2, 0) is 22.6 Å². The molecule has 6 heteroatoms. The van der Waals surface area contributed by atoms with Crippen molar-refractivity contribution in [3.8, 4) is 0 Å². The van der Waals surface area contributed by atoms with E-state index in [-0.39, 0.29) is 12.0 Å². The SMILES string of the molecule is CCN(Cc1cnn(CCC(=O)O)c1)C1CCOC(C)(C)C1. The van der Waals surface area contributed by atoms with Crippen LogP contribution < -0.4 is 0 Å². The first-order chi connectivity index (χ1) is 10.4. The first-order valence-corrected chi connectivity index (χ1v) is 8.01. The number of rotatable bonds is 7. The predicted octanol–water partition coefficient (Wildman–Crippen LogP) is 2.14. The maximum atomic E-state index is 10.6. The molecule has 1 N–H and O–H groups in total. The van der Waals surface area contributed by atoms with Crippen LogP contribution in [0.15, 0.2) is 12.4 Å². The molecular weight excluding hydrogens is 282 g/mol. The third-order valence-corrected chi connectivity index (χ3v) is 4.22. The highest BCUT2D eigenvalue weighted by Crippen LogP contribution is 2.28. The Morgan fingerprint density at radius 2 is 2.36 bits per heavy atom. The number of carboxylic acids is 1. The number of hydrogen-bond acceptors (Lipinski definition) is 4. The molecule has 0 amide bonds. The Bertz CT molecular complexity index is 499. The predicted molar refractivity (Wildman–Crippen MR) is 83.6 cm³/mol. The van der Waals surface area contributed by atoms with Gasteiger partial charge >= 0.3 is 5.97 Å². The van der Waals surface area contributed by atoms with Crippen molar-refractivity contribution in [3.63, 3.8) is 0 Å². The third kappa shape index (κ3) is 4.81. The lowest BCUT2D eigenvalue weighted by Gasteiger charge is -2.40. The molecule has 0 spiro atoms. The van der Waals surface area contributed by atoms with E-state index in [4.69, 9.17) is 9.84 Å². The second kappa shape index (κ2) is 7.24. The Morgan fingerprint density at radius 3 is 3.00 bits per heavy atom. The number of aliphatic carboxylic acids is 1. The number of hydrogen-bond donors (Lipinski definition) is 1. The second-order valence-electron chi connectivity index (χ2n) is 6.57. The summed E-state index contributed by atoms with van der Waals surface area (Å²) in [5.41, 5.74) is 1.08. The monoisotopic (exact) mass is 309 g/mol. The molecule has 0 saturated carbocycles. The van der Waals surface area contributed by atoms with Crippen LogP contribution in [0.4, 0.5) is 0 Å². The molecular formula is C16H27N3O3. The summed E-state index contributed by atoms with van der Waals surface area (Å²) in [7, 11) is 0. The van der Waals surface area contributed by atoms with Gasteiger partial charge in [0.25, 0.3) is 0 Å². The van der Waals surface area contributed by atoms with E-state index < -0.39 is 5.97 Å². The zero-order chi connectivity index (χ0) is 16.2. The van der Waals surface area contributed by atoms with E-state index in [9.17, 15) is 4.79 Å². The van der Waals surface area contributed by atoms with Gasteiger partial charge in [-0.1, -0.05) is 6.92 Å². The quantitative estimate of drug-likeness (QED) is 0.836. The molecule has 2 heterocycles. The van der Waals surface area contributed by atoms with Gasteiger partial charge < -0.3 is 9.84 Å². The van der Waals surface area contributed by atoms with E-state index >= 15 is 0 Å². The average molecular weight is 309 g/mol. The number of aryl methyl sites for hydroxylation is 1. The fraction of sp³-hybridized carbons (Fsp3) is 0.750. The first kappa shape index (κ1) is 17.0. The normalized spacial score (nSPS) is 21.2. The number of carbonyl (C=O) groups is 1. The van der Waals surface area contributed by atoms with Crippen LogP contribution in [0.25, 0.3) is 0 Å². The molecule has 1 aromatic rings. The van der Waals surface area contributed by atoms with Gasteiger partial charge in [0.05, 0.1) is 24.8 Å². The van der Waals surface area contributed by atoms with Crippen molar-refractivity contribution in [1.29, 1.82) is 0 Å². The van der Waals surface area contributed by atoms with Gasteiger partial charge in [-0.05, 0) is 33.2 Å². The summed E-state index contributed by atoms with van der Waals surface area (Å²) in [6.07, 6.45) is 6.00. The highest BCUT2D eigenvalue weighted by molar-refractivity contribution is 5.66. The summed E-state index contributed by atoms with van der Waals surface area (Å²) in [4.78, 5) is 13.1. The van der Waals surface area contributed by atoms with Crippen molar-refractivity contribution in [2.75, 3.05) is 13.2 Å². The van der Waals surface area contributed by atoms with Crippen molar-refractivity contribution in [2.45, 2.75) is 64.8 Å². The molecule has 0 aliphatic carbocycles. The summed E-state index contributed by atoms with van der Waals surface area (Å²) in [6, 6.07) is 0.524. The molecule has 1 aliphatic rings. The van der Waals surface area contributed by atoms with Crippen LogP contribution >= 0.6 is 0 Å². The van der Waals surface area contributed by atoms with Gasteiger partial charge in [0.1, 0.15) is 0 Å². The second-order valence-corrected chi connectivity index (χ2v) is 6.57. The summed E-state index contributed by atoms with van der Waals surface area (Å²) in [5, 5.41) is 13.0. The first-order valence-electron chi connectivity index (χ1n) is 8.01. The van der Waals surface area contributed by atoms with Crippen molar-refractivity contribution >= 4 is 5.97 Å². The van der Waals surface area contributed by atoms with E-state index in [1.54, 1.807) is 4.68 Å². The maximum absolute atomic E-state index is 10.6. The Morgan fingerprint density at radius 1 is 1.59 bits per heavy atom. The zero-order valence-corrected chi connectivity index (χ0v) is 13.8. The van der Waals surface area contributed by atoms with Crippen LogP contribution in [0.3, 0.4) is 0 Å². The number of aromatic nitrogens is 2. The Hall–Kier alpha value is -1.40. The summed E-state index contributed by atoms with van der Waals surface area (Å²) >= 11 is 0. The number of ether oxygens (including phenoxy) is 1.